The molecule has 0 aliphatic carbocycles. The first kappa shape index (κ1) is 29.1. The Labute approximate surface area is 219 Å². The number of hydrogen-bond donors (Lipinski definition) is 1. The molecule has 1 N–H and O–H groups in total. The molecular formula is C26H36ClN3O6. The van der Waals surface area contributed by atoms with Gasteiger partial charge in [0.15, 0.2) is 28.7 Å². The molecule has 1 aliphatic rings. The summed E-state index contributed by atoms with van der Waals surface area (Å²) in [6, 6.07) is 9.51. The van der Waals surface area contributed by atoms with Crippen LogP contribution in [0.2, 0.25) is 0 Å². The zero-order valence-electron chi connectivity index (χ0n) is 21.6. The molecule has 0 saturated heterocycles. The lowest BCUT2D eigenvalue weighted by Crippen LogP contribution is -2.38. The van der Waals surface area contributed by atoms with E-state index >= 15 is 0 Å². The molecule has 1 amide bonds. The summed E-state index contributed by atoms with van der Waals surface area (Å²) in [4.78, 5) is 17.1. The molecule has 0 bridgehead atoms. The number of hydrogen-bond acceptors (Lipinski definition) is 8. The van der Waals surface area contributed by atoms with Gasteiger partial charge in [-0.05, 0) is 68.2 Å². The summed E-state index contributed by atoms with van der Waals surface area (Å²) in [6.07, 6.45) is 2.31. The van der Waals surface area contributed by atoms with Gasteiger partial charge in [0.1, 0.15) is 0 Å². The number of likely N-dealkylation sites (N-methyl/N-ethyl adjacent to an activating group) is 1. The fourth-order valence-electron chi connectivity index (χ4n) is 4.28. The summed E-state index contributed by atoms with van der Waals surface area (Å²) in [7, 11) is 8.44. The highest BCUT2D eigenvalue weighted by Crippen LogP contribution is 2.33. The minimum atomic E-state index is -0.286. The van der Waals surface area contributed by atoms with Crippen molar-refractivity contribution in [3.63, 3.8) is 0 Å². The summed E-state index contributed by atoms with van der Waals surface area (Å²) < 4.78 is 21.4. The van der Waals surface area contributed by atoms with E-state index in [1.54, 1.807) is 32.3 Å². The molecule has 36 heavy (non-hydrogen) atoms. The Hall–Kier alpha value is -3.17. The van der Waals surface area contributed by atoms with Crippen LogP contribution in [-0.2, 0) is 17.6 Å². The molecule has 1 aliphatic heterocycles. The molecule has 10 heteroatoms. The van der Waals surface area contributed by atoms with E-state index in [2.05, 4.69) is 17.1 Å². The number of rotatable bonds is 11. The number of benzene rings is 2. The Morgan fingerprint density at radius 2 is 1.58 bits per heavy atom. The highest BCUT2D eigenvalue weighted by atomic mass is 35.5. The van der Waals surface area contributed by atoms with Gasteiger partial charge in [0, 0.05) is 25.2 Å². The number of fused-ring (bicyclic) bond motifs is 1. The molecule has 0 atom stereocenters. The molecule has 0 saturated carbocycles. The van der Waals surface area contributed by atoms with E-state index in [0.717, 1.165) is 43.0 Å². The molecule has 0 spiro atoms. The monoisotopic (exact) mass is 521 g/mol. The number of nitrogens with zero attached hydrogens (tertiary/aromatic N) is 3. The lowest BCUT2D eigenvalue weighted by atomic mass is 10.0. The lowest BCUT2D eigenvalue weighted by molar-refractivity contribution is -0.124. The number of amides is 1. The van der Waals surface area contributed by atoms with Gasteiger partial charge in [0.05, 0.1) is 28.4 Å². The van der Waals surface area contributed by atoms with Gasteiger partial charge in [-0.1, -0.05) is 11.2 Å². The molecule has 198 valence electrons. The second-order valence-electron chi connectivity index (χ2n) is 8.45. The molecule has 3 rings (SSSR count). The van der Waals surface area contributed by atoms with Crippen molar-refractivity contribution in [2.45, 2.75) is 19.3 Å². The first-order valence-electron chi connectivity index (χ1n) is 11.6. The van der Waals surface area contributed by atoms with Crippen LogP contribution in [0.3, 0.4) is 0 Å². The first-order chi connectivity index (χ1) is 16.9. The Morgan fingerprint density at radius 1 is 0.944 bits per heavy atom. The third-order valence-corrected chi connectivity index (χ3v) is 6.30. The van der Waals surface area contributed by atoms with Crippen LogP contribution in [0.5, 0.6) is 23.0 Å². The number of halogens is 1. The average Bonchev–Trinajstić information content (AvgIpc) is 3.01. The van der Waals surface area contributed by atoms with Gasteiger partial charge in [-0.15, -0.1) is 12.4 Å². The van der Waals surface area contributed by atoms with Crippen LogP contribution in [0.4, 0.5) is 0 Å². The Bertz CT molecular complexity index is 1060. The summed E-state index contributed by atoms with van der Waals surface area (Å²) in [5, 5.41) is 13.0. The van der Waals surface area contributed by atoms with Crippen LogP contribution in [0.25, 0.3) is 0 Å². The molecule has 2 aromatic rings. The number of oxime groups is 1. The van der Waals surface area contributed by atoms with Crippen LogP contribution in [0.15, 0.2) is 35.5 Å². The fraction of sp³-hybridized carbons (Fsp3) is 0.462. The maximum absolute atomic E-state index is 13.1. The van der Waals surface area contributed by atoms with Gasteiger partial charge >= 0.3 is 0 Å². The maximum atomic E-state index is 13.1. The van der Waals surface area contributed by atoms with Gasteiger partial charge in [-0.2, -0.15) is 0 Å². The van der Waals surface area contributed by atoms with E-state index < -0.39 is 0 Å². The second-order valence-corrected chi connectivity index (χ2v) is 8.45. The highest BCUT2D eigenvalue weighted by Gasteiger charge is 2.29. The van der Waals surface area contributed by atoms with E-state index in [1.165, 1.54) is 12.7 Å². The van der Waals surface area contributed by atoms with Crippen LogP contribution in [0.1, 0.15) is 23.1 Å². The molecule has 9 nitrogen and oxygen atoms in total. The van der Waals surface area contributed by atoms with E-state index in [-0.39, 0.29) is 24.0 Å². The number of ether oxygens (including phenoxy) is 4. The maximum Gasteiger partial charge on any atom is 0.276 e. The third-order valence-electron chi connectivity index (χ3n) is 6.30. The van der Waals surface area contributed by atoms with Crippen molar-refractivity contribution < 1.29 is 28.9 Å². The summed E-state index contributed by atoms with van der Waals surface area (Å²) in [5.41, 5.74) is 2.66. The van der Waals surface area contributed by atoms with Crippen LogP contribution in [-0.4, -0.2) is 88.3 Å². The second kappa shape index (κ2) is 13.8. The molecular weight excluding hydrogens is 486 g/mol. The molecule has 0 unspecified atom stereocenters. The van der Waals surface area contributed by atoms with Crippen molar-refractivity contribution in [2.24, 2.45) is 5.16 Å². The van der Waals surface area contributed by atoms with E-state index in [0.29, 0.717) is 36.6 Å². The Morgan fingerprint density at radius 3 is 2.22 bits per heavy atom. The van der Waals surface area contributed by atoms with Gasteiger partial charge < -0.3 is 34.0 Å². The quantitative estimate of drug-likeness (QED) is 0.358. The number of methoxy groups -OCH3 is 4. The normalized spacial score (nSPS) is 14.2. The van der Waals surface area contributed by atoms with Crippen molar-refractivity contribution in [3.05, 3.63) is 47.0 Å². The molecule has 0 fully saturated rings. The van der Waals surface area contributed by atoms with Crippen LogP contribution < -0.4 is 18.9 Å². The Balaban J connectivity index is 0.00000456. The van der Waals surface area contributed by atoms with Crippen molar-refractivity contribution in [1.82, 2.24) is 9.80 Å². The van der Waals surface area contributed by atoms with Gasteiger partial charge in [-0.3, -0.25) is 4.79 Å². The largest absolute Gasteiger partial charge is 0.493 e. The van der Waals surface area contributed by atoms with Crippen LogP contribution in [0, 0.1) is 0 Å². The van der Waals surface area contributed by atoms with Crippen LogP contribution >= 0.6 is 12.4 Å². The molecule has 0 aromatic heterocycles. The minimum absolute atomic E-state index is 0. The van der Waals surface area contributed by atoms with Gasteiger partial charge in [0.25, 0.3) is 5.91 Å². The predicted octanol–water partition coefficient (Wildman–Crippen LogP) is 3.27. The third kappa shape index (κ3) is 6.73. The topological polar surface area (TPSA) is 93.1 Å². The molecule has 1 heterocycles. The molecule has 0 radical (unpaired) electrons. The zero-order valence-corrected chi connectivity index (χ0v) is 22.4. The number of carbonyl (C=O) groups is 1. The summed E-state index contributed by atoms with van der Waals surface area (Å²) >= 11 is 0. The summed E-state index contributed by atoms with van der Waals surface area (Å²) in [6.45, 7) is 2.81. The van der Waals surface area contributed by atoms with Crippen molar-refractivity contribution in [2.75, 3.05) is 61.7 Å². The van der Waals surface area contributed by atoms with Gasteiger partial charge in [0.2, 0.25) is 0 Å². The average molecular weight is 522 g/mol. The van der Waals surface area contributed by atoms with E-state index in [4.69, 9.17) is 18.9 Å². The standard InChI is InChI=1S/C26H35N3O6.ClH/c1-28(13-9-18-7-8-21(32-2)22(15-18)33-3)11-6-12-29-14-10-19-16-23(34-4)24(35-5)17-20(19)25(27-31)26(29)30;/h7-8,15-17,31H,6,9-14H2,1-5H3;1H. The smallest absolute Gasteiger partial charge is 0.276 e. The van der Waals surface area contributed by atoms with Crippen molar-refractivity contribution in [3.8, 4) is 23.0 Å². The Kier molecular flexibility index (Phi) is 11.1. The van der Waals surface area contributed by atoms with E-state index in [1.807, 2.05) is 24.3 Å². The van der Waals surface area contributed by atoms with Crippen molar-refractivity contribution in [1.29, 1.82) is 0 Å². The SMILES string of the molecule is COc1ccc(CCN(C)CCCN2CCc3cc(OC)c(OC)cc3C(=NO)C2=O)cc1OC.Cl. The predicted molar refractivity (Wildman–Crippen MR) is 141 cm³/mol. The first-order valence-corrected chi connectivity index (χ1v) is 11.6. The minimum Gasteiger partial charge on any atom is -0.493 e. The highest BCUT2D eigenvalue weighted by molar-refractivity contribution is 6.45. The summed E-state index contributed by atoms with van der Waals surface area (Å²) in [5.74, 6) is 2.23. The van der Waals surface area contributed by atoms with Gasteiger partial charge in [-0.25, -0.2) is 0 Å². The number of carbonyl (C=O) groups excluding carboxylic acids is 1. The fourth-order valence-corrected chi connectivity index (χ4v) is 4.28. The molecule has 2 aromatic carbocycles. The zero-order chi connectivity index (χ0) is 25.4. The van der Waals surface area contributed by atoms with E-state index in [9.17, 15) is 10.0 Å². The van der Waals surface area contributed by atoms with Crippen molar-refractivity contribution >= 4 is 24.0 Å². The lowest BCUT2D eigenvalue weighted by Gasteiger charge is -2.23.